The molecule has 1 atom stereocenters. The van der Waals surface area contributed by atoms with E-state index in [9.17, 15) is 26.4 Å². The Bertz CT molecular complexity index is 1490. The largest absolute Gasteiger partial charge is 0.416 e. The fourth-order valence-corrected chi connectivity index (χ4v) is 5.83. The van der Waals surface area contributed by atoms with Crippen molar-refractivity contribution in [1.82, 2.24) is 0 Å². The number of hydrogen-bond acceptors (Lipinski definition) is 3. The first-order chi connectivity index (χ1) is 16.0. The Morgan fingerprint density at radius 2 is 1.47 bits per heavy atom. The van der Waals surface area contributed by atoms with E-state index in [0.29, 0.717) is 16.8 Å². The number of anilines is 1. The second kappa shape index (κ2) is 7.43. The third-order valence-electron chi connectivity index (χ3n) is 6.16. The molecule has 0 saturated heterocycles. The Morgan fingerprint density at radius 1 is 0.853 bits per heavy atom. The van der Waals surface area contributed by atoms with Crippen LogP contribution in [0.1, 0.15) is 32.6 Å². The van der Waals surface area contributed by atoms with Gasteiger partial charge in [0.2, 0.25) is 10.0 Å². The van der Waals surface area contributed by atoms with Gasteiger partial charge >= 0.3 is 6.18 Å². The number of halogens is 3. The number of hydrogen-bond donors (Lipinski definition) is 0. The minimum absolute atomic E-state index is 0.0664. The first kappa shape index (κ1) is 22.2. The predicted octanol–water partition coefficient (Wildman–Crippen LogP) is 5.56. The van der Waals surface area contributed by atoms with Gasteiger partial charge in [-0.05, 0) is 53.1 Å². The molecule has 0 N–H and O–H groups in total. The van der Waals surface area contributed by atoms with Crippen molar-refractivity contribution >= 4 is 27.6 Å². The Morgan fingerprint density at radius 3 is 2.12 bits per heavy atom. The maximum atomic E-state index is 13.1. The molecule has 0 saturated carbocycles. The smallest absolute Gasteiger partial charge is 0.289 e. The van der Waals surface area contributed by atoms with Gasteiger partial charge in [-0.1, -0.05) is 54.6 Å². The Balaban J connectivity index is 1.79. The summed E-state index contributed by atoms with van der Waals surface area (Å²) in [5.74, 6) is -0.203. The molecule has 0 aliphatic heterocycles. The minimum Gasteiger partial charge on any atom is -0.289 e. The number of fused-ring (bicyclic) bond motifs is 4. The summed E-state index contributed by atoms with van der Waals surface area (Å²) in [6.07, 6.45) is 1.27. The molecule has 1 spiro atoms. The SMILES string of the molecule is CS(=O)(=O)N(C1=Cc2ccccc2[C@]12C=CC(=O)c1ccccc12)c1ccc(C(F)(F)F)cc1. The van der Waals surface area contributed by atoms with Crippen LogP contribution in [-0.4, -0.2) is 20.5 Å². The zero-order valence-corrected chi connectivity index (χ0v) is 18.7. The molecule has 34 heavy (non-hydrogen) atoms. The van der Waals surface area contributed by atoms with Crippen LogP contribution < -0.4 is 4.31 Å². The van der Waals surface area contributed by atoms with Crippen LogP contribution in [0, 0.1) is 0 Å². The number of sulfonamides is 1. The zero-order valence-electron chi connectivity index (χ0n) is 17.9. The normalized spacial score (nSPS) is 19.1. The van der Waals surface area contributed by atoms with Crippen molar-refractivity contribution in [2.45, 2.75) is 11.6 Å². The summed E-state index contributed by atoms with van der Waals surface area (Å²) in [7, 11) is -3.99. The van der Waals surface area contributed by atoms with Crippen LogP contribution in [0.4, 0.5) is 18.9 Å². The maximum absolute atomic E-state index is 13.1. The molecule has 3 aromatic rings. The minimum atomic E-state index is -4.55. The molecule has 4 nitrogen and oxygen atoms in total. The first-order valence-corrected chi connectivity index (χ1v) is 12.2. The molecule has 0 aromatic heterocycles. The molecular formula is C26H18F3NO3S. The molecule has 5 rings (SSSR count). The number of alkyl halides is 3. The van der Waals surface area contributed by atoms with Crippen molar-refractivity contribution in [3.8, 4) is 0 Å². The van der Waals surface area contributed by atoms with Crippen LogP contribution in [0.3, 0.4) is 0 Å². The third kappa shape index (κ3) is 3.28. The molecule has 3 aromatic carbocycles. The van der Waals surface area contributed by atoms with Gasteiger partial charge in [-0.15, -0.1) is 0 Å². The van der Waals surface area contributed by atoms with Gasteiger partial charge in [0, 0.05) is 5.56 Å². The van der Waals surface area contributed by atoms with Crippen LogP contribution in [0.2, 0.25) is 0 Å². The van der Waals surface area contributed by atoms with E-state index in [0.717, 1.165) is 46.0 Å². The van der Waals surface area contributed by atoms with Gasteiger partial charge in [0.15, 0.2) is 5.78 Å². The lowest BCUT2D eigenvalue weighted by atomic mass is 9.69. The van der Waals surface area contributed by atoms with E-state index in [1.54, 1.807) is 36.4 Å². The van der Waals surface area contributed by atoms with E-state index in [4.69, 9.17) is 0 Å². The number of ketones is 1. The van der Waals surface area contributed by atoms with E-state index >= 15 is 0 Å². The van der Waals surface area contributed by atoms with Crippen molar-refractivity contribution < 1.29 is 26.4 Å². The van der Waals surface area contributed by atoms with Gasteiger partial charge < -0.3 is 0 Å². The first-order valence-electron chi connectivity index (χ1n) is 10.4. The van der Waals surface area contributed by atoms with Gasteiger partial charge in [-0.25, -0.2) is 12.7 Å². The van der Waals surface area contributed by atoms with Crippen molar-refractivity contribution in [2.24, 2.45) is 0 Å². The van der Waals surface area contributed by atoms with Crippen molar-refractivity contribution in [2.75, 3.05) is 10.6 Å². The van der Waals surface area contributed by atoms with Crippen molar-refractivity contribution in [3.63, 3.8) is 0 Å². The quantitative estimate of drug-likeness (QED) is 0.492. The summed E-state index contributed by atoms with van der Waals surface area (Å²) in [4.78, 5) is 12.7. The summed E-state index contributed by atoms with van der Waals surface area (Å²) < 4.78 is 66.7. The highest BCUT2D eigenvalue weighted by Crippen LogP contribution is 2.53. The Kier molecular flexibility index (Phi) is 4.84. The fourth-order valence-electron chi connectivity index (χ4n) is 4.78. The summed E-state index contributed by atoms with van der Waals surface area (Å²) in [5, 5.41) is 0. The summed E-state index contributed by atoms with van der Waals surface area (Å²) >= 11 is 0. The summed E-state index contributed by atoms with van der Waals surface area (Å²) in [5.41, 5.74) is 0.967. The number of nitrogens with zero attached hydrogens (tertiary/aromatic N) is 1. The highest BCUT2D eigenvalue weighted by atomic mass is 32.2. The standard InChI is InChI=1S/C26H18F3NO3S/c1-34(32,33)30(19-12-10-18(11-13-19)26(27,28)29)24-16-17-6-2-4-8-21(17)25(24)15-14-23(31)20-7-3-5-9-22(20)25/h2-16H,1H3/t25-/m0/s1. The van der Waals surface area contributed by atoms with Crippen molar-refractivity contribution in [1.29, 1.82) is 0 Å². The van der Waals surface area contributed by atoms with Crippen LogP contribution >= 0.6 is 0 Å². The molecule has 0 amide bonds. The number of allylic oxidation sites excluding steroid dienone is 2. The number of rotatable bonds is 3. The number of carbonyl (C=O) groups excluding carboxylic acids is 1. The van der Waals surface area contributed by atoms with E-state index in [2.05, 4.69) is 0 Å². The van der Waals surface area contributed by atoms with Crippen LogP contribution in [0.15, 0.2) is 90.6 Å². The Labute approximate surface area is 194 Å². The topological polar surface area (TPSA) is 54.5 Å². The summed E-state index contributed by atoms with van der Waals surface area (Å²) in [6, 6.07) is 18.3. The van der Waals surface area contributed by atoms with Gasteiger partial charge in [0.1, 0.15) is 0 Å². The Hall–Kier alpha value is -3.65. The highest BCUT2D eigenvalue weighted by molar-refractivity contribution is 7.92. The van der Waals surface area contributed by atoms with Crippen LogP contribution in [0.5, 0.6) is 0 Å². The molecule has 0 radical (unpaired) electrons. The molecule has 0 unspecified atom stereocenters. The monoisotopic (exact) mass is 481 g/mol. The second-order valence-electron chi connectivity index (χ2n) is 8.24. The lowest BCUT2D eigenvalue weighted by Gasteiger charge is -2.39. The van der Waals surface area contributed by atoms with E-state index in [1.165, 1.54) is 6.08 Å². The third-order valence-corrected chi connectivity index (χ3v) is 7.23. The van der Waals surface area contributed by atoms with Gasteiger partial charge in [-0.2, -0.15) is 13.2 Å². The lowest BCUT2D eigenvalue weighted by Crippen LogP contribution is -2.41. The van der Waals surface area contributed by atoms with Gasteiger partial charge in [-0.3, -0.25) is 4.79 Å². The van der Waals surface area contributed by atoms with Gasteiger partial charge in [0.25, 0.3) is 0 Å². The number of carbonyl (C=O) groups is 1. The van der Waals surface area contributed by atoms with Crippen LogP contribution in [0.25, 0.3) is 6.08 Å². The molecule has 0 bridgehead atoms. The molecule has 0 heterocycles. The van der Waals surface area contributed by atoms with E-state index in [1.807, 2.05) is 24.3 Å². The molecule has 172 valence electrons. The van der Waals surface area contributed by atoms with E-state index < -0.39 is 27.2 Å². The molecule has 2 aliphatic carbocycles. The average molecular weight is 481 g/mol. The lowest BCUT2D eigenvalue weighted by molar-refractivity contribution is -0.137. The predicted molar refractivity (Wildman–Crippen MR) is 124 cm³/mol. The fraction of sp³-hybridized carbons (Fsp3) is 0.115. The second-order valence-corrected chi connectivity index (χ2v) is 10.1. The molecule has 2 aliphatic rings. The molecule has 0 fully saturated rings. The van der Waals surface area contributed by atoms with Crippen LogP contribution in [-0.2, 0) is 21.6 Å². The van der Waals surface area contributed by atoms with Crippen molar-refractivity contribution in [3.05, 3.63) is 118 Å². The number of benzene rings is 3. The maximum Gasteiger partial charge on any atom is 0.416 e. The van der Waals surface area contributed by atoms with Gasteiger partial charge in [0.05, 0.1) is 28.6 Å². The average Bonchev–Trinajstić information content (AvgIpc) is 3.10. The summed E-state index contributed by atoms with van der Waals surface area (Å²) in [6.45, 7) is 0. The molecular weight excluding hydrogens is 463 g/mol. The molecule has 8 heteroatoms. The highest BCUT2D eigenvalue weighted by Gasteiger charge is 2.49. The van der Waals surface area contributed by atoms with E-state index in [-0.39, 0.29) is 11.5 Å². The zero-order chi connectivity index (χ0) is 24.3.